The summed E-state index contributed by atoms with van der Waals surface area (Å²) in [4.78, 5) is 36.0. The lowest BCUT2D eigenvalue weighted by Gasteiger charge is -2.14. The molecule has 0 aromatic heterocycles. The van der Waals surface area contributed by atoms with Gasteiger partial charge in [-0.05, 0) is 24.6 Å². The molecule has 2 aromatic carbocycles. The van der Waals surface area contributed by atoms with Crippen molar-refractivity contribution in [1.29, 1.82) is 0 Å². The van der Waals surface area contributed by atoms with E-state index in [0.717, 1.165) is 5.56 Å². The molecule has 0 aliphatic carbocycles. The quantitative estimate of drug-likeness (QED) is 0.623. The number of benzene rings is 2. The Balaban J connectivity index is 1.78. The summed E-state index contributed by atoms with van der Waals surface area (Å²) < 4.78 is 15.1. The van der Waals surface area contributed by atoms with E-state index >= 15 is 0 Å². The summed E-state index contributed by atoms with van der Waals surface area (Å²) >= 11 is 0. The van der Waals surface area contributed by atoms with Gasteiger partial charge >= 0.3 is 5.97 Å². The van der Waals surface area contributed by atoms with E-state index in [1.807, 2.05) is 37.3 Å². The molecule has 2 aromatic rings. The highest BCUT2D eigenvalue weighted by atomic mass is 16.5. The number of rotatable bonds is 9. The van der Waals surface area contributed by atoms with Crippen LogP contribution in [0.1, 0.15) is 28.9 Å². The van der Waals surface area contributed by atoms with Crippen molar-refractivity contribution in [3.05, 3.63) is 59.7 Å². The van der Waals surface area contributed by atoms with Gasteiger partial charge in [0.2, 0.25) is 0 Å². The predicted molar refractivity (Wildman–Crippen MR) is 106 cm³/mol. The van der Waals surface area contributed by atoms with E-state index in [0.29, 0.717) is 11.5 Å². The number of carbonyl (C=O) groups is 3. The Morgan fingerprint density at radius 1 is 0.966 bits per heavy atom. The second kappa shape index (κ2) is 10.7. The predicted octanol–water partition coefficient (Wildman–Crippen LogP) is 1.85. The largest absolute Gasteiger partial charge is 0.497 e. The highest BCUT2D eigenvalue weighted by molar-refractivity contribution is 5.96. The van der Waals surface area contributed by atoms with Crippen LogP contribution in [0.4, 0.5) is 0 Å². The minimum atomic E-state index is -0.726. The Labute approximate surface area is 169 Å². The topological polar surface area (TPSA) is 103 Å². The maximum atomic E-state index is 12.2. The minimum Gasteiger partial charge on any atom is -0.497 e. The maximum Gasteiger partial charge on any atom is 0.325 e. The SMILES string of the molecule is COc1cc(OC)cc(C(=O)NCC(=O)OCC(=O)N[C@@H](C)c2ccccc2)c1. The second-order valence-electron chi connectivity index (χ2n) is 6.14. The highest BCUT2D eigenvalue weighted by Crippen LogP contribution is 2.22. The summed E-state index contributed by atoms with van der Waals surface area (Å²) in [5.41, 5.74) is 1.21. The lowest BCUT2D eigenvalue weighted by Crippen LogP contribution is -2.34. The van der Waals surface area contributed by atoms with Gasteiger partial charge in [-0.15, -0.1) is 0 Å². The number of nitrogens with one attached hydrogen (secondary N) is 2. The molecule has 0 bridgehead atoms. The molecule has 0 unspecified atom stereocenters. The van der Waals surface area contributed by atoms with Gasteiger partial charge in [0.1, 0.15) is 18.0 Å². The van der Waals surface area contributed by atoms with Crippen LogP contribution in [-0.2, 0) is 14.3 Å². The van der Waals surface area contributed by atoms with E-state index in [-0.39, 0.29) is 18.2 Å². The standard InChI is InChI=1S/C21H24N2O6/c1-14(15-7-5-4-6-8-15)23-19(24)13-29-20(25)12-22-21(26)16-9-17(27-2)11-18(10-16)28-3/h4-11,14H,12-13H2,1-3H3,(H,22,26)(H,23,24)/t14-/m0/s1. The zero-order valence-electron chi connectivity index (χ0n) is 16.6. The van der Waals surface area contributed by atoms with Crippen LogP contribution in [0.15, 0.2) is 48.5 Å². The summed E-state index contributed by atoms with van der Waals surface area (Å²) in [6.45, 7) is 1.02. The van der Waals surface area contributed by atoms with E-state index in [4.69, 9.17) is 14.2 Å². The van der Waals surface area contributed by atoms with Crippen LogP contribution >= 0.6 is 0 Å². The van der Waals surface area contributed by atoms with E-state index in [1.165, 1.54) is 26.4 Å². The fourth-order valence-electron chi connectivity index (χ4n) is 2.50. The van der Waals surface area contributed by atoms with E-state index in [2.05, 4.69) is 10.6 Å². The van der Waals surface area contributed by atoms with Crippen molar-refractivity contribution in [2.45, 2.75) is 13.0 Å². The van der Waals surface area contributed by atoms with Crippen LogP contribution in [0.3, 0.4) is 0 Å². The molecule has 2 rings (SSSR count). The molecule has 0 fully saturated rings. The molecule has 154 valence electrons. The van der Waals surface area contributed by atoms with Crippen LogP contribution in [0.25, 0.3) is 0 Å². The van der Waals surface area contributed by atoms with Gasteiger partial charge < -0.3 is 24.8 Å². The number of hydrogen-bond acceptors (Lipinski definition) is 6. The molecule has 0 aliphatic heterocycles. The van der Waals surface area contributed by atoms with Gasteiger partial charge in [-0.1, -0.05) is 30.3 Å². The number of methoxy groups -OCH3 is 2. The Hall–Kier alpha value is -3.55. The Morgan fingerprint density at radius 2 is 1.59 bits per heavy atom. The average molecular weight is 400 g/mol. The molecule has 2 amide bonds. The molecule has 0 heterocycles. The molecule has 1 atom stereocenters. The van der Waals surface area contributed by atoms with Gasteiger partial charge in [0.05, 0.1) is 20.3 Å². The fraction of sp³-hybridized carbons (Fsp3) is 0.286. The molecule has 8 nitrogen and oxygen atoms in total. The van der Waals surface area contributed by atoms with E-state index < -0.39 is 24.4 Å². The first-order chi connectivity index (χ1) is 13.9. The molecule has 0 saturated heterocycles. The molecule has 0 radical (unpaired) electrons. The summed E-state index contributed by atoms with van der Waals surface area (Å²) in [6.07, 6.45) is 0. The van der Waals surface area contributed by atoms with Crippen molar-refractivity contribution in [1.82, 2.24) is 10.6 Å². The van der Waals surface area contributed by atoms with Crippen molar-refractivity contribution in [2.24, 2.45) is 0 Å². The second-order valence-corrected chi connectivity index (χ2v) is 6.14. The molecule has 8 heteroatoms. The lowest BCUT2D eigenvalue weighted by molar-refractivity contribution is -0.147. The van der Waals surface area contributed by atoms with Crippen LogP contribution in [0.2, 0.25) is 0 Å². The molecule has 2 N–H and O–H groups in total. The van der Waals surface area contributed by atoms with Crippen LogP contribution in [0.5, 0.6) is 11.5 Å². The van der Waals surface area contributed by atoms with Gasteiger partial charge in [0, 0.05) is 11.6 Å². The number of amides is 2. The third-order valence-corrected chi connectivity index (χ3v) is 4.05. The lowest BCUT2D eigenvalue weighted by atomic mass is 10.1. The summed E-state index contributed by atoms with van der Waals surface area (Å²) in [5, 5.41) is 5.17. The highest BCUT2D eigenvalue weighted by Gasteiger charge is 2.14. The van der Waals surface area contributed by atoms with Crippen LogP contribution in [0, 0.1) is 0 Å². The Bertz CT molecular complexity index is 831. The van der Waals surface area contributed by atoms with Crippen molar-refractivity contribution in [3.8, 4) is 11.5 Å². The summed E-state index contributed by atoms with van der Waals surface area (Å²) in [5.74, 6) is -0.766. The molecule has 0 saturated carbocycles. The molecule has 0 spiro atoms. The first-order valence-corrected chi connectivity index (χ1v) is 8.94. The van der Waals surface area contributed by atoms with Crippen LogP contribution in [-0.4, -0.2) is 45.2 Å². The number of hydrogen-bond donors (Lipinski definition) is 2. The molecular formula is C21H24N2O6. The average Bonchev–Trinajstić information content (AvgIpc) is 2.76. The molecule has 0 aliphatic rings. The van der Waals surface area contributed by atoms with Crippen molar-refractivity contribution in [3.63, 3.8) is 0 Å². The Kier molecular flexibility index (Phi) is 8.02. The minimum absolute atomic E-state index is 0.217. The first kappa shape index (κ1) is 21.7. The Morgan fingerprint density at radius 3 is 2.17 bits per heavy atom. The van der Waals surface area contributed by atoms with E-state index in [1.54, 1.807) is 6.07 Å². The number of ether oxygens (including phenoxy) is 3. The third kappa shape index (κ3) is 6.84. The monoisotopic (exact) mass is 400 g/mol. The smallest absolute Gasteiger partial charge is 0.325 e. The van der Waals surface area contributed by atoms with Gasteiger partial charge in [0.15, 0.2) is 6.61 Å². The van der Waals surface area contributed by atoms with Gasteiger partial charge in [-0.25, -0.2) is 0 Å². The van der Waals surface area contributed by atoms with Gasteiger partial charge in [-0.2, -0.15) is 0 Å². The number of esters is 1. The summed E-state index contributed by atoms with van der Waals surface area (Å²) in [6, 6.07) is 13.8. The first-order valence-electron chi connectivity index (χ1n) is 8.94. The third-order valence-electron chi connectivity index (χ3n) is 4.05. The van der Waals surface area contributed by atoms with E-state index in [9.17, 15) is 14.4 Å². The van der Waals surface area contributed by atoms with Gasteiger partial charge in [-0.3, -0.25) is 14.4 Å². The zero-order valence-corrected chi connectivity index (χ0v) is 16.6. The maximum absolute atomic E-state index is 12.2. The van der Waals surface area contributed by atoms with Crippen LogP contribution < -0.4 is 20.1 Å². The number of carbonyl (C=O) groups excluding carboxylic acids is 3. The molecular weight excluding hydrogens is 376 g/mol. The van der Waals surface area contributed by atoms with Gasteiger partial charge in [0.25, 0.3) is 11.8 Å². The van der Waals surface area contributed by atoms with Crippen molar-refractivity contribution < 1.29 is 28.6 Å². The fourth-order valence-corrected chi connectivity index (χ4v) is 2.50. The van der Waals surface area contributed by atoms with Crippen molar-refractivity contribution in [2.75, 3.05) is 27.4 Å². The normalized spacial score (nSPS) is 11.1. The summed E-state index contributed by atoms with van der Waals surface area (Å²) in [7, 11) is 2.94. The van der Waals surface area contributed by atoms with Crippen molar-refractivity contribution >= 4 is 17.8 Å². The zero-order chi connectivity index (χ0) is 21.2. The molecule has 29 heavy (non-hydrogen) atoms.